The number of benzene rings is 1. The molecule has 0 spiro atoms. The number of hydrogen-bond donors (Lipinski definition) is 0. The second kappa shape index (κ2) is 7.08. The standard InChI is InChI=1S/C15H17FN6OS/c1-4-14-18-19-15(23-14)10(3)24-8-13-17-20-21-22(13)12-7-9(2)5-6-11(12)16/h5-7,10H,4,8H2,1-3H3/t10-/m1/s1. The number of thioether (sulfide) groups is 1. The summed E-state index contributed by atoms with van der Waals surface area (Å²) in [6.45, 7) is 5.82. The first-order chi connectivity index (χ1) is 11.6. The minimum absolute atomic E-state index is 0.00898. The van der Waals surface area contributed by atoms with Gasteiger partial charge in [0.2, 0.25) is 11.8 Å². The predicted octanol–water partition coefficient (Wildman–Crippen LogP) is 3.05. The first kappa shape index (κ1) is 16.6. The summed E-state index contributed by atoms with van der Waals surface area (Å²) in [6, 6.07) is 4.84. The Bertz CT molecular complexity index is 833. The van der Waals surface area contributed by atoms with E-state index in [0.29, 0.717) is 35.5 Å². The van der Waals surface area contributed by atoms with E-state index in [-0.39, 0.29) is 11.1 Å². The molecule has 0 aliphatic heterocycles. The minimum Gasteiger partial charge on any atom is -0.424 e. The molecule has 3 aromatic rings. The van der Waals surface area contributed by atoms with Crippen LogP contribution in [0.1, 0.15) is 42.3 Å². The molecule has 0 bridgehead atoms. The summed E-state index contributed by atoms with van der Waals surface area (Å²) in [4.78, 5) is 0. The summed E-state index contributed by atoms with van der Waals surface area (Å²) in [5.74, 6) is 1.87. The number of aryl methyl sites for hydroxylation is 2. The molecule has 0 aliphatic rings. The molecule has 0 radical (unpaired) electrons. The van der Waals surface area contributed by atoms with Crippen LogP contribution >= 0.6 is 11.8 Å². The summed E-state index contributed by atoms with van der Waals surface area (Å²) in [5.41, 5.74) is 1.28. The summed E-state index contributed by atoms with van der Waals surface area (Å²) in [5, 5.41) is 19.6. The zero-order chi connectivity index (χ0) is 17.1. The van der Waals surface area contributed by atoms with Crippen LogP contribution in [-0.2, 0) is 12.2 Å². The molecule has 24 heavy (non-hydrogen) atoms. The maximum absolute atomic E-state index is 14.1. The summed E-state index contributed by atoms with van der Waals surface area (Å²) >= 11 is 1.55. The fraction of sp³-hybridized carbons (Fsp3) is 0.400. The Hall–Kier alpha value is -2.29. The van der Waals surface area contributed by atoms with E-state index in [1.165, 1.54) is 10.7 Å². The Balaban J connectivity index is 1.75. The number of rotatable bonds is 6. The van der Waals surface area contributed by atoms with Crippen LogP contribution in [0.3, 0.4) is 0 Å². The van der Waals surface area contributed by atoms with Crippen molar-refractivity contribution in [3.8, 4) is 5.69 Å². The van der Waals surface area contributed by atoms with Gasteiger partial charge in [0.25, 0.3) is 0 Å². The van der Waals surface area contributed by atoms with Gasteiger partial charge in [-0.2, -0.15) is 4.68 Å². The van der Waals surface area contributed by atoms with Crippen molar-refractivity contribution in [3.05, 3.63) is 47.2 Å². The molecule has 0 saturated carbocycles. The topological polar surface area (TPSA) is 82.5 Å². The molecule has 3 rings (SSSR count). The third-order valence-corrected chi connectivity index (χ3v) is 4.59. The highest BCUT2D eigenvalue weighted by Crippen LogP contribution is 2.30. The maximum Gasteiger partial charge on any atom is 0.229 e. The second-order valence-corrected chi connectivity index (χ2v) is 6.63. The zero-order valence-electron chi connectivity index (χ0n) is 13.6. The fourth-order valence-electron chi connectivity index (χ4n) is 2.11. The third-order valence-electron chi connectivity index (χ3n) is 3.46. The van der Waals surface area contributed by atoms with Gasteiger partial charge in [0.1, 0.15) is 11.5 Å². The molecule has 0 unspecified atom stereocenters. The van der Waals surface area contributed by atoms with Crippen LogP contribution in [0.4, 0.5) is 4.39 Å². The van der Waals surface area contributed by atoms with Gasteiger partial charge in [-0.05, 0) is 42.0 Å². The molecule has 9 heteroatoms. The van der Waals surface area contributed by atoms with E-state index in [4.69, 9.17) is 4.42 Å². The van der Waals surface area contributed by atoms with Crippen molar-refractivity contribution in [2.24, 2.45) is 0 Å². The van der Waals surface area contributed by atoms with Crippen molar-refractivity contribution in [2.75, 3.05) is 0 Å². The Kier molecular flexibility index (Phi) is 4.89. The van der Waals surface area contributed by atoms with Gasteiger partial charge in [-0.15, -0.1) is 27.1 Å². The highest BCUT2D eigenvalue weighted by molar-refractivity contribution is 7.98. The van der Waals surface area contributed by atoms with Crippen molar-refractivity contribution in [3.63, 3.8) is 0 Å². The quantitative estimate of drug-likeness (QED) is 0.677. The smallest absolute Gasteiger partial charge is 0.229 e. The molecule has 0 N–H and O–H groups in total. The summed E-state index contributed by atoms with van der Waals surface area (Å²) in [7, 11) is 0. The first-order valence-corrected chi connectivity index (χ1v) is 8.61. The largest absolute Gasteiger partial charge is 0.424 e. The Morgan fingerprint density at radius 2 is 2.12 bits per heavy atom. The van der Waals surface area contributed by atoms with Crippen molar-refractivity contribution in [1.82, 2.24) is 30.4 Å². The number of aromatic nitrogens is 6. The zero-order valence-corrected chi connectivity index (χ0v) is 14.4. The molecule has 0 fully saturated rings. The fourth-order valence-corrected chi connectivity index (χ4v) is 2.93. The van der Waals surface area contributed by atoms with E-state index in [1.807, 2.05) is 20.8 Å². The van der Waals surface area contributed by atoms with Crippen LogP contribution in [-0.4, -0.2) is 30.4 Å². The van der Waals surface area contributed by atoms with Crippen molar-refractivity contribution in [2.45, 2.75) is 38.2 Å². The molecular weight excluding hydrogens is 331 g/mol. The van der Waals surface area contributed by atoms with E-state index < -0.39 is 0 Å². The van der Waals surface area contributed by atoms with E-state index in [0.717, 1.165) is 5.56 Å². The molecule has 126 valence electrons. The lowest BCUT2D eigenvalue weighted by atomic mass is 10.2. The SMILES string of the molecule is CCc1nnc([C@@H](C)SCc2nnnn2-c2cc(C)ccc2F)o1. The predicted molar refractivity (Wildman–Crippen MR) is 87.2 cm³/mol. The van der Waals surface area contributed by atoms with E-state index in [9.17, 15) is 4.39 Å². The van der Waals surface area contributed by atoms with Crippen molar-refractivity contribution >= 4 is 11.8 Å². The van der Waals surface area contributed by atoms with Gasteiger partial charge < -0.3 is 4.42 Å². The molecular formula is C15H17FN6OS. The number of halogens is 1. The number of nitrogens with zero attached hydrogens (tertiary/aromatic N) is 6. The molecule has 7 nitrogen and oxygen atoms in total. The highest BCUT2D eigenvalue weighted by atomic mass is 32.2. The number of tetrazole rings is 1. The molecule has 2 aromatic heterocycles. The lowest BCUT2D eigenvalue weighted by Crippen LogP contribution is -2.05. The molecule has 1 aromatic carbocycles. The molecule has 2 heterocycles. The van der Waals surface area contributed by atoms with Gasteiger partial charge in [0.05, 0.1) is 11.0 Å². The highest BCUT2D eigenvalue weighted by Gasteiger charge is 2.18. The van der Waals surface area contributed by atoms with E-state index in [1.54, 1.807) is 23.9 Å². The number of hydrogen-bond acceptors (Lipinski definition) is 7. The van der Waals surface area contributed by atoms with Crippen LogP contribution in [0.15, 0.2) is 22.6 Å². The molecule has 0 amide bonds. The average Bonchev–Trinajstić information content (AvgIpc) is 3.23. The average molecular weight is 348 g/mol. The third kappa shape index (κ3) is 3.45. The van der Waals surface area contributed by atoms with Gasteiger partial charge in [0.15, 0.2) is 5.82 Å². The Morgan fingerprint density at radius 3 is 2.88 bits per heavy atom. The summed E-state index contributed by atoms with van der Waals surface area (Å²) in [6.07, 6.45) is 0.704. The van der Waals surface area contributed by atoms with Crippen LogP contribution in [0.2, 0.25) is 0 Å². The van der Waals surface area contributed by atoms with Crippen LogP contribution < -0.4 is 0 Å². The summed E-state index contributed by atoms with van der Waals surface area (Å²) < 4.78 is 21.0. The van der Waals surface area contributed by atoms with Gasteiger partial charge >= 0.3 is 0 Å². The molecule has 0 saturated heterocycles. The van der Waals surface area contributed by atoms with E-state index >= 15 is 0 Å². The molecule has 0 aliphatic carbocycles. The van der Waals surface area contributed by atoms with Crippen molar-refractivity contribution in [1.29, 1.82) is 0 Å². The Labute approximate surface area is 142 Å². The monoisotopic (exact) mass is 348 g/mol. The molecule has 1 atom stereocenters. The normalized spacial score (nSPS) is 12.5. The lowest BCUT2D eigenvalue weighted by molar-refractivity contribution is 0.456. The van der Waals surface area contributed by atoms with Gasteiger partial charge in [0, 0.05) is 6.42 Å². The van der Waals surface area contributed by atoms with Gasteiger partial charge in [-0.1, -0.05) is 13.0 Å². The Morgan fingerprint density at radius 1 is 1.29 bits per heavy atom. The van der Waals surface area contributed by atoms with Crippen LogP contribution in [0.5, 0.6) is 0 Å². The van der Waals surface area contributed by atoms with Gasteiger partial charge in [-0.3, -0.25) is 0 Å². The maximum atomic E-state index is 14.1. The minimum atomic E-state index is -0.364. The lowest BCUT2D eigenvalue weighted by Gasteiger charge is -2.08. The van der Waals surface area contributed by atoms with Gasteiger partial charge in [-0.25, -0.2) is 4.39 Å². The van der Waals surface area contributed by atoms with Crippen LogP contribution in [0.25, 0.3) is 5.69 Å². The second-order valence-electron chi connectivity index (χ2n) is 5.30. The van der Waals surface area contributed by atoms with Crippen LogP contribution in [0, 0.1) is 12.7 Å². The first-order valence-electron chi connectivity index (χ1n) is 7.56. The van der Waals surface area contributed by atoms with E-state index in [2.05, 4.69) is 25.7 Å². The van der Waals surface area contributed by atoms with Crippen molar-refractivity contribution < 1.29 is 8.81 Å².